The van der Waals surface area contributed by atoms with Gasteiger partial charge in [-0.2, -0.15) is 5.09 Å². The Morgan fingerprint density at radius 2 is 2.00 bits per heavy atom. The minimum absolute atomic E-state index is 0.0274. The normalized spacial score (nSPS) is 28.3. The molecule has 2 aliphatic heterocycles. The first-order valence-electron chi connectivity index (χ1n) is 11.9. The van der Waals surface area contributed by atoms with Crippen LogP contribution in [-0.2, 0) is 32.9 Å². The third kappa shape index (κ3) is 7.06. The molecule has 1 aromatic carbocycles. The average molecular weight is 541 g/mol. The lowest BCUT2D eigenvalue weighted by atomic mass is 9.97. The summed E-state index contributed by atoms with van der Waals surface area (Å²) >= 11 is 0. The van der Waals surface area contributed by atoms with Crippen molar-refractivity contribution in [1.29, 1.82) is 0 Å². The average Bonchev–Trinajstić information content (AvgIpc) is 3.07. The molecule has 1 aromatic rings. The van der Waals surface area contributed by atoms with Crippen LogP contribution in [0.4, 0.5) is 4.39 Å². The van der Waals surface area contributed by atoms with Crippen molar-refractivity contribution in [2.24, 2.45) is 0 Å². The summed E-state index contributed by atoms with van der Waals surface area (Å²) in [5.74, 6) is -0.818. The maximum Gasteiger partial charge on any atom is 0.459 e. The SMILES string of the molecule is C=C1C=CN([C@@H]2O[C@H](CO[P@@](=O)(N[C@@H](C)C(=O)OC(C)C)Oc3ccccc3)[C@@H](OC)[C@@]2(C)F)C(=O)C1. The van der Waals surface area contributed by atoms with Gasteiger partial charge in [0.2, 0.25) is 5.91 Å². The lowest BCUT2D eigenvalue weighted by molar-refractivity contribution is -0.149. The number of carbonyl (C=O) groups excluding carboxylic acids is 2. The highest BCUT2D eigenvalue weighted by atomic mass is 31.2. The molecule has 0 aromatic heterocycles. The van der Waals surface area contributed by atoms with Crippen molar-refractivity contribution < 1.29 is 41.8 Å². The number of esters is 1. The molecule has 1 N–H and O–H groups in total. The largest absolute Gasteiger partial charge is 0.462 e. The van der Waals surface area contributed by atoms with Gasteiger partial charge in [0.15, 0.2) is 11.9 Å². The Kier molecular flexibility index (Phi) is 9.31. The Hall–Kier alpha value is -2.56. The lowest BCUT2D eigenvalue weighted by Gasteiger charge is -2.34. The van der Waals surface area contributed by atoms with E-state index in [0.29, 0.717) is 5.57 Å². The number of nitrogens with one attached hydrogen (secondary N) is 1. The van der Waals surface area contributed by atoms with Crippen LogP contribution in [0.25, 0.3) is 0 Å². The van der Waals surface area contributed by atoms with Gasteiger partial charge in [0.05, 0.1) is 19.1 Å². The third-order valence-corrected chi connectivity index (χ3v) is 7.40. The molecule has 204 valence electrons. The van der Waals surface area contributed by atoms with Gasteiger partial charge in [-0.25, -0.2) is 8.96 Å². The zero-order valence-corrected chi connectivity index (χ0v) is 22.5. The summed E-state index contributed by atoms with van der Waals surface area (Å²) in [6, 6.07) is 7.18. The standard InChI is InChI=1S/C25H34FN2O8P/c1-16(2)34-23(30)18(4)27-37(31,36-19-10-8-7-9-11-19)33-15-20-22(32-6)25(5,26)24(35-20)28-13-12-17(3)14-21(28)29/h7-13,16,18,20,22,24H,3,14-15H2,1-2,4-6H3,(H,27,31)/t18-,20+,22+,24+,25+,37-/m0/s1. The molecule has 6 atom stereocenters. The molecule has 1 amide bonds. The lowest BCUT2D eigenvalue weighted by Crippen LogP contribution is -2.51. The number of benzene rings is 1. The van der Waals surface area contributed by atoms with Gasteiger partial charge in [0.25, 0.3) is 0 Å². The van der Waals surface area contributed by atoms with Gasteiger partial charge < -0.3 is 18.7 Å². The van der Waals surface area contributed by atoms with Crippen molar-refractivity contribution in [1.82, 2.24) is 9.99 Å². The number of allylic oxidation sites excluding steroid dienone is 1. The second kappa shape index (κ2) is 11.9. The number of rotatable bonds is 11. The molecule has 0 unspecified atom stereocenters. The van der Waals surface area contributed by atoms with E-state index < -0.39 is 50.5 Å². The van der Waals surface area contributed by atoms with Gasteiger partial charge in [0, 0.05) is 13.3 Å². The summed E-state index contributed by atoms with van der Waals surface area (Å²) in [6.45, 7) is 9.41. The van der Waals surface area contributed by atoms with Crippen LogP contribution in [0.2, 0.25) is 0 Å². The van der Waals surface area contributed by atoms with Crippen molar-refractivity contribution in [3.63, 3.8) is 0 Å². The highest BCUT2D eigenvalue weighted by Crippen LogP contribution is 2.47. The Balaban J connectivity index is 1.79. The number of para-hydroxylation sites is 1. The van der Waals surface area contributed by atoms with Gasteiger partial charge in [-0.05, 0) is 51.5 Å². The Labute approximate surface area is 216 Å². The van der Waals surface area contributed by atoms with E-state index in [1.807, 2.05) is 0 Å². The quantitative estimate of drug-likeness (QED) is 0.330. The summed E-state index contributed by atoms with van der Waals surface area (Å²) in [5.41, 5.74) is -1.54. The predicted molar refractivity (Wildman–Crippen MR) is 133 cm³/mol. The fourth-order valence-corrected chi connectivity index (χ4v) is 5.55. The Bertz CT molecular complexity index is 1060. The first kappa shape index (κ1) is 29.0. The number of hydrogen-bond donors (Lipinski definition) is 1. The topological polar surface area (TPSA) is 113 Å². The predicted octanol–water partition coefficient (Wildman–Crippen LogP) is 3.89. The molecule has 1 saturated heterocycles. The first-order valence-corrected chi connectivity index (χ1v) is 13.4. The van der Waals surface area contributed by atoms with E-state index in [-0.39, 0.29) is 24.2 Å². The summed E-state index contributed by atoms with van der Waals surface area (Å²) < 4.78 is 57.3. The Morgan fingerprint density at radius 1 is 1.32 bits per heavy atom. The van der Waals surface area contributed by atoms with E-state index in [4.69, 9.17) is 23.3 Å². The van der Waals surface area contributed by atoms with E-state index >= 15 is 4.39 Å². The second-order valence-corrected chi connectivity index (χ2v) is 11.0. The highest BCUT2D eigenvalue weighted by Gasteiger charge is 2.58. The fourth-order valence-electron chi connectivity index (χ4n) is 4.05. The molecular weight excluding hydrogens is 506 g/mol. The molecule has 1 fully saturated rings. The molecule has 10 nitrogen and oxygen atoms in total. The van der Waals surface area contributed by atoms with Crippen LogP contribution < -0.4 is 9.61 Å². The highest BCUT2D eigenvalue weighted by molar-refractivity contribution is 7.52. The van der Waals surface area contributed by atoms with Crippen molar-refractivity contribution in [2.75, 3.05) is 13.7 Å². The number of alkyl halides is 1. The molecule has 0 radical (unpaired) electrons. The minimum atomic E-state index is -4.21. The monoisotopic (exact) mass is 540 g/mol. The number of amides is 1. The van der Waals surface area contributed by atoms with Crippen LogP contribution in [0.1, 0.15) is 34.1 Å². The molecule has 0 bridgehead atoms. The molecular formula is C25H34FN2O8P. The zero-order chi connectivity index (χ0) is 27.4. The molecule has 2 heterocycles. The van der Waals surface area contributed by atoms with E-state index in [0.717, 1.165) is 4.90 Å². The van der Waals surface area contributed by atoms with Crippen LogP contribution >= 0.6 is 7.75 Å². The van der Waals surface area contributed by atoms with Crippen LogP contribution in [-0.4, -0.2) is 66.7 Å². The minimum Gasteiger partial charge on any atom is -0.462 e. The maximum atomic E-state index is 15.9. The van der Waals surface area contributed by atoms with Crippen LogP contribution in [0.3, 0.4) is 0 Å². The third-order valence-electron chi connectivity index (χ3n) is 5.76. The van der Waals surface area contributed by atoms with Gasteiger partial charge in [-0.3, -0.25) is 19.0 Å². The summed E-state index contributed by atoms with van der Waals surface area (Å²) in [7, 11) is -2.91. The summed E-state index contributed by atoms with van der Waals surface area (Å²) in [4.78, 5) is 26.0. The number of ether oxygens (including phenoxy) is 3. The molecule has 0 aliphatic carbocycles. The zero-order valence-electron chi connectivity index (χ0n) is 21.6. The number of methoxy groups -OCH3 is 1. The number of carbonyl (C=O) groups is 2. The van der Waals surface area contributed by atoms with E-state index in [9.17, 15) is 14.2 Å². The number of halogens is 1. The molecule has 2 aliphatic rings. The van der Waals surface area contributed by atoms with Crippen LogP contribution in [0, 0.1) is 0 Å². The maximum absolute atomic E-state index is 15.9. The van der Waals surface area contributed by atoms with Gasteiger partial charge >= 0.3 is 13.7 Å². The molecule has 37 heavy (non-hydrogen) atoms. The fraction of sp³-hybridized carbons (Fsp3) is 0.520. The van der Waals surface area contributed by atoms with E-state index in [2.05, 4.69) is 11.7 Å². The molecule has 12 heteroatoms. The smallest absolute Gasteiger partial charge is 0.459 e. The Morgan fingerprint density at radius 3 is 2.59 bits per heavy atom. The van der Waals surface area contributed by atoms with E-state index in [1.54, 1.807) is 50.3 Å². The number of nitrogens with zero attached hydrogens (tertiary/aromatic N) is 1. The second-order valence-electron chi connectivity index (χ2n) is 9.32. The van der Waals surface area contributed by atoms with Crippen molar-refractivity contribution in [3.8, 4) is 5.75 Å². The van der Waals surface area contributed by atoms with Gasteiger partial charge in [-0.15, -0.1) is 0 Å². The van der Waals surface area contributed by atoms with Crippen LogP contribution in [0.15, 0.2) is 54.8 Å². The summed E-state index contributed by atoms with van der Waals surface area (Å²) in [5, 5.41) is 2.57. The molecule has 0 spiro atoms. The molecule has 0 saturated carbocycles. The van der Waals surface area contributed by atoms with Gasteiger partial charge in [0.1, 0.15) is 24.0 Å². The van der Waals surface area contributed by atoms with Crippen molar-refractivity contribution in [3.05, 3.63) is 54.8 Å². The van der Waals surface area contributed by atoms with Crippen LogP contribution in [0.5, 0.6) is 5.75 Å². The van der Waals surface area contributed by atoms with Crippen molar-refractivity contribution in [2.45, 2.75) is 70.4 Å². The van der Waals surface area contributed by atoms with Crippen molar-refractivity contribution >= 4 is 19.6 Å². The molecule has 3 rings (SSSR count). The summed E-state index contributed by atoms with van der Waals surface area (Å²) in [6.07, 6.45) is -0.884. The van der Waals surface area contributed by atoms with Gasteiger partial charge in [-0.1, -0.05) is 24.8 Å². The van der Waals surface area contributed by atoms with E-state index in [1.165, 1.54) is 27.2 Å². The first-order chi connectivity index (χ1) is 17.4. The number of hydrogen-bond acceptors (Lipinski definition) is 8.